The largest absolute Gasteiger partial charge is 0.497 e. The SMILES string of the molecule is COc1ccc(-n2nnc(C(=O)N3CCN(c4ccc([N+](=O)[O-])cc4Cl)CC3)c2C)c(OC)c1. The molecule has 1 amide bonds. The lowest BCUT2D eigenvalue weighted by atomic mass is 10.2. The average molecular weight is 487 g/mol. The molecule has 34 heavy (non-hydrogen) atoms. The van der Waals surface area contributed by atoms with Gasteiger partial charge in [-0.05, 0) is 25.1 Å². The zero-order chi connectivity index (χ0) is 24.4. The Morgan fingerprint density at radius 2 is 1.76 bits per heavy atom. The molecule has 1 fully saturated rings. The van der Waals surface area contributed by atoms with Gasteiger partial charge in [0, 0.05) is 44.4 Å². The third-order valence-electron chi connectivity index (χ3n) is 5.76. The summed E-state index contributed by atoms with van der Waals surface area (Å²) in [5.41, 5.74) is 2.14. The Morgan fingerprint density at radius 1 is 1.06 bits per heavy atom. The summed E-state index contributed by atoms with van der Waals surface area (Å²) in [5.74, 6) is 0.964. The molecule has 11 nitrogen and oxygen atoms in total. The van der Waals surface area contributed by atoms with Gasteiger partial charge >= 0.3 is 0 Å². The van der Waals surface area contributed by atoms with Crippen LogP contribution in [0.2, 0.25) is 5.02 Å². The minimum Gasteiger partial charge on any atom is -0.497 e. The van der Waals surface area contributed by atoms with E-state index in [1.165, 1.54) is 12.1 Å². The number of amides is 1. The molecular weight excluding hydrogens is 464 g/mol. The van der Waals surface area contributed by atoms with Crippen LogP contribution >= 0.6 is 11.6 Å². The van der Waals surface area contributed by atoms with E-state index in [4.69, 9.17) is 21.1 Å². The van der Waals surface area contributed by atoms with Crippen molar-refractivity contribution in [1.29, 1.82) is 0 Å². The number of piperazine rings is 1. The van der Waals surface area contributed by atoms with Crippen molar-refractivity contribution in [3.8, 4) is 17.2 Å². The average Bonchev–Trinajstić information content (AvgIpc) is 3.24. The molecule has 0 spiro atoms. The number of aromatic nitrogens is 3. The van der Waals surface area contributed by atoms with Crippen molar-refractivity contribution in [2.75, 3.05) is 45.3 Å². The van der Waals surface area contributed by atoms with Gasteiger partial charge in [-0.3, -0.25) is 14.9 Å². The van der Waals surface area contributed by atoms with Crippen LogP contribution in [0.1, 0.15) is 16.2 Å². The molecule has 1 saturated heterocycles. The molecule has 0 unspecified atom stereocenters. The topological polar surface area (TPSA) is 116 Å². The fourth-order valence-electron chi connectivity index (χ4n) is 3.88. The number of carbonyl (C=O) groups is 1. The highest BCUT2D eigenvalue weighted by Crippen LogP contribution is 2.31. The van der Waals surface area contributed by atoms with E-state index < -0.39 is 4.92 Å². The van der Waals surface area contributed by atoms with Gasteiger partial charge in [-0.2, -0.15) is 0 Å². The number of ether oxygens (including phenoxy) is 2. The number of nitro groups is 1. The highest BCUT2D eigenvalue weighted by atomic mass is 35.5. The fraction of sp³-hybridized carbons (Fsp3) is 0.318. The number of non-ortho nitro benzene ring substituents is 1. The molecule has 3 aromatic rings. The van der Waals surface area contributed by atoms with Crippen molar-refractivity contribution in [2.24, 2.45) is 0 Å². The Balaban J connectivity index is 1.49. The molecule has 0 saturated carbocycles. The molecule has 0 atom stereocenters. The maximum atomic E-state index is 13.2. The van der Waals surface area contributed by atoms with Crippen LogP contribution in [0.3, 0.4) is 0 Å². The van der Waals surface area contributed by atoms with Crippen molar-refractivity contribution >= 4 is 28.9 Å². The maximum Gasteiger partial charge on any atom is 0.276 e. The first-order valence-electron chi connectivity index (χ1n) is 10.5. The highest BCUT2D eigenvalue weighted by molar-refractivity contribution is 6.33. The summed E-state index contributed by atoms with van der Waals surface area (Å²) in [5, 5.41) is 19.6. The molecule has 0 aliphatic carbocycles. The van der Waals surface area contributed by atoms with Gasteiger partial charge in [-0.15, -0.1) is 5.10 Å². The van der Waals surface area contributed by atoms with Crippen molar-refractivity contribution < 1.29 is 19.2 Å². The summed E-state index contributed by atoms with van der Waals surface area (Å²) >= 11 is 6.26. The third kappa shape index (κ3) is 4.34. The molecule has 2 aromatic carbocycles. The first-order chi connectivity index (χ1) is 16.3. The van der Waals surface area contributed by atoms with Crippen molar-refractivity contribution in [3.05, 3.63) is 62.9 Å². The number of nitro benzene ring substituents is 1. The summed E-state index contributed by atoms with van der Waals surface area (Å²) in [6, 6.07) is 9.71. The molecule has 2 heterocycles. The zero-order valence-electron chi connectivity index (χ0n) is 18.9. The van der Waals surface area contributed by atoms with E-state index >= 15 is 0 Å². The molecule has 4 rings (SSSR count). The van der Waals surface area contributed by atoms with E-state index in [0.717, 1.165) is 0 Å². The predicted molar refractivity (Wildman–Crippen MR) is 125 cm³/mol. The van der Waals surface area contributed by atoms with Crippen molar-refractivity contribution in [1.82, 2.24) is 19.9 Å². The number of hydrogen-bond acceptors (Lipinski definition) is 8. The quantitative estimate of drug-likeness (QED) is 0.385. The van der Waals surface area contributed by atoms with E-state index in [1.54, 1.807) is 55.0 Å². The van der Waals surface area contributed by atoms with E-state index in [-0.39, 0.29) is 17.3 Å². The summed E-state index contributed by atoms with van der Waals surface area (Å²) in [6.07, 6.45) is 0. The monoisotopic (exact) mass is 486 g/mol. The molecule has 0 radical (unpaired) electrons. The number of nitrogens with zero attached hydrogens (tertiary/aromatic N) is 6. The first-order valence-corrected chi connectivity index (χ1v) is 10.8. The Morgan fingerprint density at radius 3 is 2.38 bits per heavy atom. The predicted octanol–water partition coefficient (Wildman–Crippen LogP) is 3.12. The molecule has 1 aromatic heterocycles. The Bertz CT molecular complexity index is 1240. The molecule has 12 heteroatoms. The van der Waals surface area contributed by atoms with E-state index in [2.05, 4.69) is 10.3 Å². The smallest absolute Gasteiger partial charge is 0.276 e. The normalized spacial score (nSPS) is 13.6. The molecule has 0 bridgehead atoms. The number of methoxy groups -OCH3 is 2. The van der Waals surface area contributed by atoms with Crippen LogP contribution in [0, 0.1) is 17.0 Å². The number of hydrogen-bond donors (Lipinski definition) is 0. The standard InChI is InChI=1S/C22H23ClN6O5/c1-14-21(24-25-28(14)19-7-5-16(33-2)13-20(19)34-3)22(30)27-10-8-26(9-11-27)18-6-4-15(29(31)32)12-17(18)23/h4-7,12-13H,8-11H2,1-3H3. The van der Waals surface area contributed by atoms with Crippen LogP contribution in [-0.2, 0) is 0 Å². The summed E-state index contributed by atoms with van der Waals surface area (Å²) in [4.78, 5) is 27.4. The molecule has 1 aliphatic rings. The van der Waals surface area contributed by atoms with Gasteiger partial charge in [0.1, 0.15) is 17.2 Å². The van der Waals surface area contributed by atoms with Crippen molar-refractivity contribution in [2.45, 2.75) is 6.92 Å². The Hall–Kier alpha value is -3.86. The number of carbonyl (C=O) groups excluding carboxylic acids is 1. The fourth-order valence-corrected chi connectivity index (χ4v) is 4.18. The summed E-state index contributed by atoms with van der Waals surface area (Å²) in [7, 11) is 3.12. The van der Waals surface area contributed by atoms with Gasteiger partial charge in [-0.25, -0.2) is 4.68 Å². The highest BCUT2D eigenvalue weighted by Gasteiger charge is 2.28. The second-order valence-corrected chi connectivity index (χ2v) is 8.05. The molecular formula is C22H23ClN6O5. The Kier molecular flexibility index (Phi) is 6.55. The van der Waals surface area contributed by atoms with Gasteiger partial charge in [0.05, 0.1) is 35.5 Å². The molecule has 1 aliphatic heterocycles. The van der Waals surface area contributed by atoms with Gasteiger partial charge in [0.25, 0.3) is 11.6 Å². The Labute approximate surface area is 200 Å². The van der Waals surface area contributed by atoms with Gasteiger partial charge in [0.15, 0.2) is 5.69 Å². The summed E-state index contributed by atoms with van der Waals surface area (Å²) < 4.78 is 12.3. The van der Waals surface area contributed by atoms with Crippen LogP contribution in [-0.4, -0.2) is 71.1 Å². The first kappa shape index (κ1) is 23.3. The van der Waals surface area contributed by atoms with Crippen LogP contribution in [0.25, 0.3) is 5.69 Å². The summed E-state index contributed by atoms with van der Waals surface area (Å²) in [6.45, 7) is 3.74. The van der Waals surface area contributed by atoms with Crippen LogP contribution < -0.4 is 14.4 Å². The van der Waals surface area contributed by atoms with Gasteiger partial charge in [-0.1, -0.05) is 16.8 Å². The van der Waals surface area contributed by atoms with Gasteiger partial charge in [0.2, 0.25) is 0 Å². The van der Waals surface area contributed by atoms with E-state index in [0.29, 0.717) is 59.8 Å². The minimum atomic E-state index is -0.483. The third-order valence-corrected chi connectivity index (χ3v) is 6.06. The minimum absolute atomic E-state index is 0.0605. The second-order valence-electron chi connectivity index (χ2n) is 7.65. The van der Waals surface area contributed by atoms with E-state index in [9.17, 15) is 14.9 Å². The van der Waals surface area contributed by atoms with Crippen molar-refractivity contribution in [3.63, 3.8) is 0 Å². The number of halogens is 1. The lowest BCUT2D eigenvalue weighted by Crippen LogP contribution is -2.49. The lowest BCUT2D eigenvalue weighted by Gasteiger charge is -2.36. The maximum absolute atomic E-state index is 13.2. The van der Waals surface area contributed by atoms with E-state index in [1.807, 2.05) is 4.90 Å². The number of anilines is 1. The van der Waals surface area contributed by atoms with Crippen LogP contribution in [0.5, 0.6) is 11.5 Å². The molecule has 0 N–H and O–H groups in total. The molecule has 178 valence electrons. The van der Waals surface area contributed by atoms with Gasteiger partial charge < -0.3 is 19.3 Å². The zero-order valence-corrected chi connectivity index (χ0v) is 19.7. The van der Waals surface area contributed by atoms with Crippen LogP contribution in [0.4, 0.5) is 11.4 Å². The lowest BCUT2D eigenvalue weighted by molar-refractivity contribution is -0.384. The second kappa shape index (κ2) is 9.56. The van der Waals surface area contributed by atoms with Crippen LogP contribution in [0.15, 0.2) is 36.4 Å². The number of benzene rings is 2. The number of rotatable bonds is 6.